The molecule has 1 heterocycles. The Morgan fingerprint density at radius 1 is 1.33 bits per heavy atom. The number of hydrogen-bond acceptors (Lipinski definition) is 4. The van der Waals surface area contributed by atoms with Crippen LogP contribution in [-0.4, -0.2) is 41.8 Å². The molecule has 4 nitrogen and oxygen atoms in total. The maximum absolute atomic E-state index is 11.9. The third-order valence-electron chi connectivity index (χ3n) is 3.17. The molecule has 0 bridgehead atoms. The number of rotatable bonds is 3. The molecule has 1 fully saturated rings. The number of halogens is 1. The van der Waals surface area contributed by atoms with Gasteiger partial charge in [-0.15, -0.1) is 0 Å². The molecule has 0 N–H and O–H groups in total. The van der Waals surface area contributed by atoms with Crippen molar-refractivity contribution >= 4 is 39.2 Å². The number of anilines is 1. The van der Waals surface area contributed by atoms with E-state index in [1.54, 1.807) is 6.21 Å². The van der Waals surface area contributed by atoms with Crippen LogP contribution in [0.1, 0.15) is 26.3 Å². The first-order chi connectivity index (χ1) is 9.88. The van der Waals surface area contributed by atoms with Crippen molar-refractivity contribution in [3.63, 3.8) is 0 Å². The third-order valence-corrected chi connectivity index (χ3v) is 5.20. The summed E-state index contributed by atoms with van der Waals surface area (Å²) in [6.45, 7) is 9.10. The van der Waals surface area contributed by atoms with E-state index < -0.39 is 11.4 Å². The second kappa shape index (κ2) is 7.13. The summed E-state index contributed by atoms with van der Waals surface area (Å²) in [5.74, 6) is 0. The molecule has 1 aliphatic rings. The van der Waals surface area contributed by atoms with Crippen LogP contribution in [0.3, 0.4) is 0 Å². The van der Waals surface area contributed by atoms with Crippen LogP contribution in [0.4, 0.5) is 5.69 Å². The van der Waals surface area contributed by atoms with Crippen molar-refractivity contribution in [3.8, 4) is 0 Å². The second-order valence-electron chi connectivity index (χ2n) is 5.90. The molecule has 0 amide bonds. The first-order valence-electron chi connectivity index (χ1n) is 6.96. The predicted molar refractivity (Wildman–Crippen MR) is 92.7 cm³/mol. The SMILES string of the molecule is CC(C)(C)[S+]([O-])N=Cc1ccc(N2CCOCC2)cc1Br. The Bertz CT molecular complexity index is 511. The Morgan fingerprint density at radius 2 is 2.00 bits per heavy atom. The zero-order chi connectivity index (χ0) is 15.5. The standard InChI is InChI=1S/C15H21BrN2O2S/c1-15(2,3)21(19)17-11-12-4-5-13(10-14(12)16)18-6-8-20-9-7-18/h4-5,10-11H,6-9H2,1-3H3. The minimum absolute atomic E-state index is 0.337. The molecule has 2 rings (SSSR count). The lowest BCUT2D eigenvalue weighted by Gasteiger charge is -2.29. The van der Waals surface area contributed by atoms with Crippen molar-refractivity contribution in [3.05, 3.63) is 28.2 Å². The average molecular weight is 373 g/mol. The van der Waals surface area contributed by atoms with E-state index in [4.69, 9.17) is 4.74 Å². The van der Waals surface area contributed by atoms with Gasteiger partial charge in [0.1, 0.15) is 16.1 Å². The average Bonchev–Trinajstić information content (AvgIpc) is 2.45. The molecule has 1 aliphatic heterocycles. The number of nitrogens with zero attached hydrogens (tertiary/aromatic N) is 2. The van der Waals surface area contributed by atoms with Crippen molar-refractivity contribution in [2.75, 3.05) is 31.2 Å². The van der Waals surface area contributed by atoms with Crippen LogP contribution in [0.15, 0.2) is 27.1 Å². The monoisotopic (exact) mass is 372 g/mol. The predicted octanol–water partition coefficient (Wildman–Crippen LogP) is 3.17. The van der Waals surface area contributed by atoms with Crippen molar-refractivity contribution in [2.45, 2.75) is 25.5 Å². The van der Waals surface area contributed by atoms with Gasteiger partial charge in [-0.2, -0.15) is 0 Å². The maximum Gasteiger partial charge on any atom is 0.144 e. The molecule has 0 aliphatic carbocycles. The van der Waals surface area contributed by atoms with Gasteiger partial charge in [-0.05, 0) is 32.9 Å². The highest BCUT2D eigenvalue weighted by Gasteiger charge is 2.25. The summed E-state index contributed by atoms with van der Waals surface area (Å²) in [4.78, 5) is 2.29. The maximum atomic E-state index is 11.9. The minimum atomic E-state index is -1.23. The summed E-state index contributed by atoms with van der Waals surface area (Å²) < 4.78 is 22.1. The van der Waals surface area contributed by atoms with E-state index in [9.17, 15) is 4.55 Å². The lowest BCUT2D eigenvalue weighted by molar-refractivity contribution is 0.122. The molecule has 1 saturated heterocycles. The molecular weight excluding hydrogens is 352 g/mol. The molecule has 0 saturated carbocycles. The Labute approximate surface area is 138 Å². The highest BCUT2D eigenvalue weighted by atomic mass is 79.9. The van der Waals surface area contributed by atoms with Gasteiger partial charge in [-0.1, -0.05) is 26.4 Å². The molecule has 21 heavy (non-hydrogen) atoms. The van der Waals surface area contributed by atoms with E-state index >= 15 is 0 Å². The van der Waals surface area contributed by atoms with Crippen LogP contribution in [0, 0.1) is 0 Å². The molecule has 116 valence electrons. The van der Waals surface area contributed by atoms with Crippen molar-refractivity contribution in [2.24, 2.45) is 4.40 Å². The summed E-state index contributed by atoms with van der Waals surface area (Å²) >= 11 is 2.33. The largest absolute Gasteiger partial charge is 0.591 e. The summed E-state index contributed by atoms with van der Waals surface area (Å²) in [6, 6.07) is 6.14. The van der Waals surface area contributed by atoms with Gasteiger partial charge in [0.05, 0.1) is 19.4 Å². The van der Waals surface area contributed by atoms with Crippen LogP contribution in [0.2, 0.25) is 0 Å². The van der Waals surface area contributed by atoms with Crippen molar-refractivity contribution < 1.29 is 9.29 Å². The molecule has 1 atom stereocenters. The summed E-state index contributed by atoms with van der Waals surface area (Å²) in [6.07, 6.45) is 1.68. The fourth-order valence-corrected chi connectivity index (χ4v) is 2.90. The first-order valence-corrected chi connectivity index (χ1v) is 8.86. The van der Waals surface area contributed by atoms with E-state index in [2.05, 4.69) is 37.4 Å². The lowest BCUT2D eigenvalue weighted by Crippen LogP contribution is -2.36. The zero-order valence-corrected chi connectivity index (χ0v) is 15.0. The van der Waals surface area contributed by atoms with Gasteiger partial charge in [-0.3, -0.25) is 0 Å². The first kappa shape index (κ1) is 16.8. The molecule has 0 aromatic heterocycles. The summed E-state index contributed by atoms with van der Waals surface area (Å²) in [7, 11) is 0. The number of hydrogen-bond donors (Lipinski definition) is 0. The molecule has 1 aromatic carbocycles. The third kappa shape index (κ3) is 4.71. The Hall–Kier alpha value is -0.560. The van der Waals surface area contributed by atoms with E-state index in [-0.39, 0.29) is 4.75 Å². The highest BCUT2D eigenvalue weighted by Crippen LogP contribution is 2.25. The van der Waals surface area contributed by atoms with Gasteiger partial charge in [0.2, 0.25) is 0 Å². The second-order valence-corrected chi connectivity index (χ2v) is 8.69. The number of benzene rings is 1. The quantitative estimate of drug-likeness (QED) is 0.604. The smallest absolute Gasteiger partial charge is 0.144 e. The van der Waals surface area contributed by atoms with Crippen LogP contribution in [0.5, 0.6) is 0 Å². The van der Waals surface area contributed by atoms with Gasteiger partial charge in [0.15, 0.2) is 0 Å². The Morgan fingerprint density at radius 3 is 2.57 bits per heavy atom. The van der Waals surface area contributed by atoms with Gasteiger partial charge >= 0.3 is 0 Å². The highest BCUT2D eigenvalue weighted by molar-refractivity contribution is 9.10. The van der Waals surface area contributed by atoms with Gasteiger partial charge in [-0.25, -0.2) is 0 Å². The fraction of sp³-hybridized carbons (Fsp3) is 0.533. The van der Waals surface area contributed by atoms with E-state index in [1.807, 2.05) is 26.8 Å². The van der Waals surface area contributed by atoms with E-state index in [1.165, 1.54) is 5.69 Å². The van der Waals surface area contributed by atoms with Crippen LogP contribution >= 0.6 is 15.9 Å². The van der Waals surface area contributed by atoms with E-state index in [0.717, 1.165) is 36.3 Å². The van der Waals surface area contributed by atoms with Gasteiger partial charge < -0.3 is 14.2 Å². The van der Waals surface area contributed by atoms with E-state index in [0.29, 0.717) is 0 Å². The molecule has 1 aromatic rings. The lowest BCUT2D eigenvalue weighted by atomic mass is 10.2. The van der Waals surface area contributed by atoms with Crippen LogP contribution in [0.25, 0.3) is 0 Å². The van der Waals surface area contributed by atoms with Gasteiger partial charge in [0, 0.05) is 28.8 Å². The Kier molecular flexibility index (Phi) is 5.71. The topological polar surface area (TPSA) is 47.9 Å². The van der Waals surface area contributed by atoms with Gasteiger partial charge in [0.25, 0.3) is 0 Å². The van der Waals surface area contributed by atoms with Crippen LogP contribution in [-0.2, 0) is 16.1 Å². The summed E-state index contributed by atoms with van der Waals surface area (Å²) in [5.41, 5.74) is 2.10. The molecule has 0 spiro atoms. The summed E-state index contributed by atoms with van der Waals surface area (Å²) in [5, 5.41) is 0. The Balaban J connectivity index is 2.10. The fourth-order valence-electron chi connectivity index (χ4n) is 1.90. The van der Waals surface area contributed by atoms with Crippen molar-refractivity contribution in [1.29, 1.82) is 0 Å². The molecular formula is C15H21BrN2O2S. The zero-order valence-electron chi connectivity index (χ0n) is 12.6. The van der Waals surface area contributed by atoms with Crippen molar-refractivity contribution in [1.82, 2.24) is 0 Å². The number of morpholine rings is 1. The molecule has 0 radical (unpaired) electrons. The van der Waals surface area contributed by atoms with Crippen LogP contribution < -0.4 is 4.90 Å². The minimum Gasteiger partial charge on any atom is -0.591 e. The molecule has 6 heteroatoms. The molecule has 1 unspecified atom stereocenters. The normalized spacial score (nSPS) is 18.2. The number of ether oxygens (including phenoxy) is 1.